The number of fused-ring (bicyclic) bond motifs is 1. The summed E-state index contributed by atoms with van der Waals surface area (Å²) in [5.74, 6) is 0.703. The first kappa shape index (κ1) is 18.7. The predicted molar refractivity (Wildman–Crippen MR) is 115 cm³/mol. The lowest BCUT2D eigenvalue weighted by molar-refractivity contribution is 0.339. The van der Waals surface area contributed by atoms with Crippen molar-refractivity contribution in [2.75, 3.05) is 6.61 Å². The van der Waals surface area contributed by atoms with Gasteiger partial charge in [-0.3, -0.25) is 0 Å². The Balaban J connectivity index is 1.74. The number of nitrogens with zero attached hydrogens (tertiary/aromatic N) is 2. The third kappa shape index (κ3) is 3.82. The number of thiazole rings is 1. The van der Waals surface area contributed by atoms with Crippen LogP contribution in [-0.4, -0.2) is 11.6 Å². The maximum absolute atomic E-state index is 12.4. The van der Waals surface area contributed by atoms with Crippen LogP contribution in [0.5, 0.6) is 5.75 Å². The van der Waals surface area contributed by atoms with Crippen molar-refractivity contribution in [3.63, 3.8) is 0 Å². The fourth-order valence-electron chi connectivity index (χ4n) is 2.95. The molecule has 142 valence electrons. The van der Waals surface area contributed by atoms with E-state index in [4.69, 9.17) is 9.15 Å². The first-order chi connectivity index (χ1) is 14.2. The molecule has 0 saturated carbocycles. The van der Waals surface area contributed by atoms with Crippen LogP contribution in [0.2, 0.25) is 0 Å². The second kappa shape index (κ2) is 8.13. The van der Waals surface area contributed by atoms with E-state index in [2.05, 4.69) is 11.1 Å². The average molecular weight is 400 g/mol. The van der Waals surface area contributed by atoms with Crippen molar-refractivity contribution in [1.82, 2.24) is 4.98 Å². The smallest absolute Gasteiger partial charge is 0.345 e. The molecule has 6 heteroatoms. The van der Waals surface area contributed by atoms with E-state index in [-0.39, 0.29) is 0 Å². The van der Waals surface area contributed by atoms with Gasteiger partial charge in [-0.2, -0.15) is 5.26 Å². The van der Waals surface area contributed by atoms with Gasteiger partial charge in [-0.05, 0) is 31.2 Å². The highest BCUT2D eigenvalue weighted by Crippen LogP contribution is 2.29. The van der Waals surface area contributed by atoms with Crippen LogP contribution in [0.4, 0.5) is 0 Å². The number of ether oxygens (including phenoxy) is 1. The third-order valence-electron chi connectivity index (χ3n) is 4.29. The molecule has 0 bridgehead atoms. The highest BCUT2D eigenvalue weighted by molar-refractivity contribution is 7.11. The van der Waals surface area contributed by atoms with E-state index >= 15 is 0 Å². The Morgan fingerprint density at radius 3 is 2.86 bits per heavy atom. The van der Waals surface area contributed by atoms with Crippen LogP contribution >= 0.6 is 11.3 Å². The molecule has 0 amide bonds. The predicted octanol–water partition coefficient (Wildman–Crippen LogP) is 5.38. The molecule has 0 saturated heterocycles. The maximum atomic E-state index is 12.4. The molecule has 2 heterocycles. The lowest BCUT2D eigenvalue weighted by Crippen LogP contribution is -2.02. The van der Waals surface area contributed by atoms with E-state index in [1.165, 1.54) is 11.3 Å². The zero-order chi connectivity index (χ0) is 20.2. The highest BCUT2D eigenvalue weighted by Gasteiger charge is 2.14. The molecule has 2 aromatic carbocycles. The number of para-hydroxylation sites is 2. The number of rotatable bonds is 5. The number of benzene rings is 2. The summed E-state index contributed by atoms with van der Waals surface area (Å²) in [5, 5.41) is 12.8. The normalized spacial score (nSPS) is 11.4. The molecular weight excluding hydrogens is 384 g/mol. The molecule has 0 radical (unpaired) electrons. The molecule has 4 rings (SSSR count). The average Bonchev–Trinajstić information content (AvgIpc) is 3.22. The summed E-state index contributed by atoms with van der Waals surface area (Å²) in [6.07, 6.45) is 1.75. The Bertz CT molecular complexity index is 1310. The summed E-state index contributed by atoms with van der Waals surface area (Å²) in [7, 11) is 0. The van der Waals surface area contributed by atoms with Crippen LogP contribution in [-0.2, 0) is 0 Å². The highest BCUT2D eigenvalue weighted by atomic mass is 32.1. The van der Waals surface area contributed by atoms with Crippen LogP contribution in [0, 0.1) is 11.3 Å². The Hall–Kier alpha value is -3.69. The van der Waals surface area contributed by atoms with Crippen LogP contribution < -0.4 is 10.4 Å². The number of hydrogen-bond acceptors (Lipinski definition) is 6. The van der Waals surface area contributed by atoms with E-state index < -0.39 is 5.63 Å². The lowest BCUT2D eigenvalue weighted by atomic mass is 10.1. The first-order valence-electron chi connectivity index (χ1n) is 9.02. The van der Waals surface area contributed by atoms with Gasteiger partial charge in [0.2, 0.25) is 0 Å². The SMILES string of the molecule is CCOc1ccccc1/C=C(\C#N)c1nc(-c2cc3ccccc3oc2=O)cs1. The molecular formula is C23H16N2O3S. The minimum Gasteiger partial charge on any atom is -0.493 e. The molecule has 4 aromatic rings. The van der Waals surface area contributed by atoms with Crippen LogP contribution in [0.3, 0.4) is 0 Å². The molecule has 0 N–H and O–H groups in total. The summed E-state index contributed by atoms with van der Waals surface area (Å²) in [6, 6.07) is 18.8. The van der Waals surface area contributed by atoms with E-state index in [1.54, 1.807) is 23.6 Å². The standard InChI is InChI=1S/C23H16N2O3S/c1-2-27-20-9-5-3-7-15(20)11-17(13-24)22-25-19(14-29-22)18-12-16-8-4-6-10-21(16)28-23(18)26/h3-12,14H,2H2,1H3/b17-11+. The topological polar surface area (TPSA) is 76.1 Å². The molecule has 29 heavy (non-hydrogen) atoms. The number of allylic oxidation sites excluding steroid dienone is 1. The van der Waals surface area contributed by atoms with E-state index in [9.17, 15) is 10.1 Å². The minimum absolute atomic E-state index is 0.373. The van der Waals surface area contributed by atoms with Gasteiger partial charge in [0.1, 0.15) is 22.4 Å². The third-order valence-corrected chi connectivity index (χ3v) is 5.17. The van der Waals surface area contributed by atoms with Gasteiger partial charge in [0.25, 0.3) is 0 Å². The van der Waals surface area contributed by atoms with Crippen LogP contribution in [0.25, 0.3) is 33.9 Å². The summed E-state index contributed by atoms with van der Waals surface area (Å²) in [5.41, 5.74) is 2.14. The Labute approximate surface area is 171 Å². The first-order valence-corrected chi connectivity index (χ1v) is 9.90. The summed E-state index contributed by atoms with van der Waals surface area (Å²) in [6.45, 7) is 2.44. The molecule has 0 aliphatic rings. The molecule has 0 spiro atoms. The zero-order valence-electron chi connectivity index (χ0n) is 15.6. The van der Waals surface area contributed by atoms with Crippen molar-refractivity contribution in [3.05, 3.63) is 81.0 Å². The van der Waals surface area contributed by atoms with Gasteiger partial charge in [-0.1, -0.05) is 36.4 Å². The largest absolute Gasteiger partial charge is 0.493 e. The minimum atomic E-state index is -0.454. The van der Waals surface area contributed by atoms with Gasteiger partial charge in [0.05, 0.1) is 23.4 Å². The molecule has 0 fully saturated rings. The quantitative estimate of drug-likeness (QED) is 0.332. The van der Waals surface area contributed by atoms with Gasteiger partial charge in [0.15, 0.2) is 0 Å². The van der Waals surface area contributed by atoms with Gasteiger partial charge < -0.3 is 9.15 Å². The fourth-order valence-corrected chi connectivity index (χ4v) is 3.73. The van der Waals surface area contributed by atoms with Gasteiger partial charge in [-0.15, -0.1) is 11.3 Å². The summed E-state index contributed by atoms with van der Waals surface area (Å²) >= 11 is 1.31. The van der Waals surface area contributed by atoms with Gasteiger partial charge in [-0.25, -0.2) is 9.78 Å². The van der Waals surface area contributed by atoms with E-state index in [1.807, 2.05) is 49.4 Å². The van der Waals surface area contributed by atoms with Crippen molar-refractivity contribution in [2.45, 2.75) is 6.92 Å². The number of nitriles is 1. The van der Waals surface area contributed by atoms with Crippen LogP contribution in [0.1, 0.15) is 17.5 Å². The van der Waals surface area contributed by atoms with Crippen molar-refractivity contribution < 1.29 is 9.15 Å². The molecule has 0 aliphatic heterocycles. The Morgan fingerprint density at radius 2 is 2.03 bits per heavy atom. The molecule has 0 aliphatic carbocycles. The zero-order valence-corrected chi connectivity index (χ0v) is 16.4. The molecule has 5 nitrogen and oxygen atoms in total. The second-order valence-corrected chi connectivity index (χ2v) is 7.02. The lowest BCUT2D eigenvalue weighted by Gasteiger charge is -2.06. The van der Waals surface area contributed by atoms with Crippen molar-refractivity contribution in [2.24, 2.45) is 0 Å². The Morgan fingerprint density at radius 1 is 1.24 bits per heavy atom. The van der Waals surface area contributed by atoms with Crippen molar-refractivity contribution in [1.29, 1.82) is 5.26 Å². The summed E-state index contributed by atoms with van der Waals surface area (Å²) < 4.78 is 11.0. The molecule has 0 unspecified atom stereocenters. The Kier molecular flexibility index (Phi) is 5.23. The van der Waals surface area contributed by atoms with Gasteiger partial charge in [0, 0.05) is 16.3 Å². The number of hydrogen-bond donors (Lipinski definition) is 0. The van der Waals surface area contributed by atoms with E-state index in [0.29, 0.717) is 39.8 Å². The second-order valence-electron chi connectivity index (χ2n) is 6.16. The monoisotopic (exact) mass is 400 g/mol. The molecule has 2 aromatic heterocycles. The summed E-state index contributed by atoms with van der Waals surface area (Å²) in [4.78, 5) is 16.9. The van der Waals surface area contributed by atoms with Crippen molar-refractivity contribution in [3.8, 4) is 23.1 Å². The van der Waals surface area contributed by atoms with Crippen molar-refractivity contribution >= 4 is 34.0 Å². The van der Waals surface area contributed by atoms with E-state index in [0.717, 1.165) is 10.9 Å². The maximum Gasteiger partial charge on any atom is 0.345 e. The number of aromatic nitrogens is 1. The van der Waals surface area contributed by atoms with Crippen LogP contribution in [0.15, 0.2) is 69.2 Å². The van der Waals surface area contributed by atoms with Gasteiger partial charge >= 0.3 is 5.63 Å². The molecule has 0 atom stereocenters. The fraction of sp³-hybridized carbons (Fsp3) is 0.0870.